The van der Waals surface area contributed by atoms with E-state index in [0.29, 0.717) is 6.54 Å². The Bertz CT molecular complexity index is 681. The molecule has 0 spiro atoms. The highest BCUT2D eigenvalue weighted by atomic mass is 127. The van der Waals surface area contributed by atoms with E-state index >= 15 is 0 Å². The lowest BCUT2D eigenvalue weighted by molar-refractivity contribution is 0.797. The molecule has 0 aliphatic carbocycles. The van der Waals surface area contributed by atoms with Crippen molar-refractivity contribution in [2.24, 2.45) is 4.99 Å². The van der Waals surface area contributed by atoms with Crippen molar-refractivity contribution in [3.63, 3.8) is 0 Å². The molecule has 2 rings (SSSR count). The fraction of sp³-hybridized carbons (Fsp3) is 0.400. The molecule has 0 aliphatic heterocycles. The monoisotopic (exact) mass is 452 g/mol. The molecule has 0 unspecified atom stereocenters. The first-order chi connectivity index (χ1) is 11.6. The van der Waals surface area contributed by atoms with E-state index in [0.717, 1.165) is 31.2 Å². The molecular weight excluding hydrogens is 423 g/mol. The first kappa shape index (κ1) is 21.4. The zero-order chi connectivity index (χ0) is 17.4. The van der Waals surface area contributed by atoms with Crippen molar-refractivity contribution < 1.29 is 0 Å². The van der Waals surface area contributed by atoms with Gasteiger partial charge in [-0.25, -0.2) is 4.99 Å². The van der Waals surface area contributed by atoms with E-state index in [4.69, 9.17) is 4.99 Å². The van der Waals surface area contributed by atoms with Gasteiger partial charge in [0.15, 0.2) is 5.96 Å². The van der Waals surface area contributed by atoms with Crippen LogP contribution < -0.4 is 10.6 Å². The summed E-state index contributed by atoms with van der Waals surface area (Å²) >= 11 is 0. The molecule has 4 nitrogen and oxygen atoms in total. The molecule has 1 aromatic carbocycles. The van der Waals surface area contributed by atoms with E-state index in [1.807, 2.05) is 13.1 Å². The van der Waals surface area contributed by atoms with Gasteiger partial charge in [0.2, 0.25) is 0 Å². The Hall–Kier alpha value is -1.63. The maximum Gasteiger partial charge on any atom is 0.191 e. The van der Waals surface area contributed by atoms with Crippen LogP contribution in [0.3, 0.4) is 0 Å². The second-order valence-corrected chi connectivity index (χ2v) is 6.11. The van der Waals surface area contributed by atoms with Gasteiger partial charge in [-0.3, -0.25) is 4.98 Å². The second kappa shape index (κ2) is 11.1. The molecule has 1 heterocycles. The fourth-order valence-corrected chi connectivity index (χ4v) is 2.50. The van der Waals surface area contributed by atoms with Gasteiger partial charge in [-0.2, -0.15) is 0 Å². The third kappa shape index (κ3) is 7.42. The normalized spacial score (nSPS) is 11.0. The summed E-state index contributed by atoms with van der Waals surface area (Å²) < 4.78 is 0. The molecule has 0 bridgehead atoms. The Kier molecular flexibility index (Phi) is 9.49. The summed E-state index contributed by atoms with van der Waals surface area (Å²) in [5.41, 5.74) is 6.13. The van der Waals surface area contributed by atoms with Gasteiger partial charge < -0.3 is 10.6 Å². The molecule has 5 heteroatoms. The van der Waals surface area contributed by atoms with Crippen molar-refractivity contribution in [1.82, 2.24) is 15.6 Å². The van der Waals surface area contributed by atoms with Gasteiger partial charge in [-0.05, 0) is 56.9 Å². The van der Waals surface area contributed by atoms with Crippen LogP contribution in [0.2, 0.25) is 0 Å². The number of rotatable bonds is 6. The van der Waals surface area contributed by atoms with Gasteiger partial charge in [0.25, 0.3) is 0 Å². The first-order valence-corrected chi connectivity index (χ1v) is 8.58. The Morgan fingerprint density at radius 1 is 1.08 bits per heavy atom. The number of halogens is 1. The molecule has 0 fully saturated rings. The van der Waals surface area contributed by atoms with Crippen LogP contribution in [0.5, 0.6) is 0 Å². The highest BCUT2D eigenvalue weighted by Gasteiger charge is 2.01. The van der Waals surface area contributed by atoms with Crippen LogP contribution in [-0.2, 0) is 13.0 Å². The fourth-order valence-electron chi connectivity index (χ4n) is 2.50. The van der Waals surface area contributed by atoms with Gasteiger partial charge >= 0.3 is 0 Å². The van der Waals surface area contributed by atoms with E-state index in [1.54, 1.807) is 0 Å². The second-order valence-electron chi connectivity index (χ2n) is 6.11. The number of pyridine rings is 1. The SMILES string of the molecule is CCNC(=NCc1ccc(C)cc1C)NCCc1ccc(C)nc1.I. The van der Waals surface area contributed by atoms with Crippen molar-refractivity contribution in [3.8, 4) is 0 Å². The molecular formula is C20H29IN4. The number of hydrogen-bond donors (Lipinski definition) is 2. The standard InChI is InChI=1S/C20H28N4.HI/c1-5-21-20(22-11-10-18-8-7-17(4)23-13-18)24-14-19-9-6-15(2)12-16(19)3;/h6-9,12-13H,5,10-11,14H2,1-4H3,(H2,21,22,24);1H. The molecule has 25 heavy (non-hydrogen) atoms. The van der Waals surface area contributed by atoms with E-state index in [-0.39, 0.29) is 24.0 Å². The maximum absolute atomic E-state index is 4.70. The third-order valence-electron chi connectivity index (χ3n) is 3.93. The van der Waals surface area contributed by atoms with Gasteiger partial charge in [-0.1, -0.05) is 29.8 Å². The first-order valence-electron chi connectivity index (χ1n) is 8.58. The number of aromatic nitrogens is 1. The van der Waals surface area contributed by atoms with Crippen LogP contribution in [0.25, 0.3) is 0 Å². The number of nitrogens with one attached hydrogen (secondary N) is 2. The summed E-state index contributed by atoms with van der Waals surface area (Å²) in [6, 6.07) is 10.7. The molecule has 0 amide bonds. The van der Waals surface area contributed by atoms with Crippen molar-refractivity contribution in [2.75, 3.05) is 13.1 Å². The summed E-state index contributed by atoms with van der Waals surface area (Å²) in [5, 5.41) is 6.70. The summed E-state index contributed by atoms with van der Waals surface area (Å²) in [6.45, 7) is 10.7. The van der Waals surface area contributed by atoms with Gasteiger partial charge in [0.05, 0.1) is 6.54 Å². The van der Waals surface area contributed by atoms with Crippen molar-refractivity contribution in [1.29, 1.82) is 0 Å². The number of aryl methyl sites for hydroxylation is 3. The van der Waals surface area contributed by atoms with Crippen molar-refractivity contribution in [3.05, 3.63) is 64.5 Å². The summed E-state index contributed by atoms with van der Waals surface area (Å²) in [4.78, 5) is 9.03. The quantitative estimate of drug-likeness (QED) is 0.397. The summed E-state index contributed by atoms with van der Waals surface area (Å²) in [6.07, 6.45) is 2.87. The number of guanidine groups is 1. The Balaban J connectivity index is 0.00000312. The zero-order valence-corrected chi connectivity index (χ0v) is 17.9. The number of benzene rings is 1. The van der Waals surface area contributed by atoms with Crippen molar-refractivity contribution >= 4 is 29.9 Å². The Morgan fingerprint density at radius 2 is 1.88 bits per heavy atom. The molecule has 136 valence electrons. The lowest BCUT2D eigenvalue weighted by Crippen LogP contribution is -2.38. The molecule has 0 saturated heterocycles. The molecule has 0 saturated carbocycles. The molecule has 0 aliphatic rings. The zero-order valence-electron chi connectivity index (χ0n) is 15.6. The largest absolute Gasteiger partial charge is 0.357 e. The van der Waals surface area contributed by atoms with Crippen LogP contribution >= 0.6 is 24.0 Å². The van der Waals surface area contributed by atoms with Gasteiger partial charge in [-0.15, -0.1) is 24.0 Å². The van der Waals surface area contributed by atoms with Gasteiger partial charge in [0, 0.05) is 25.0 Å². The lowest BCUT2D eigenvalue weighted by atomic mass is 10.1. The van der Waals surface area contributed by atoms with E-state index in [2.05, 4.69) is 66.7 Å². The predicted octanol–water partition coefficient (Wildman–Crippen LogP) is 3.92. The van der Waals surface area contributed by atoms with E-state index in [1.165, 1.54) is 22.3 Å². The smallest absolute Gasteiger partial charge is 0.191 e. The molecule has 2 N–H and O–H groups in total. The number of nitrogens with zero attached hydrogens (tertiary/aromatic N) is 2. The minimum absolute atomic E-state index is 0. The van der Waals surface area contributed by atoms with Crippen LogP contribution in [0.15, 0.2) is 41.5 Å². The molecule has 0 atom stereocenters. The van der Waals surface area contributed by atoms with Crippen LogP contribution in [0, 0.1) is 20.8 Å². The van der Waals surface area contributed by atoms with E-state index in [9.17, 15) is 0 Å². The molecule has 0 radical (unpaired) electrons. The average molecular weight is 452 g/mol. The highest BCUT2D eigenvalue weighted by molar-refractivity contribution is 14.0. The number of hydrogen-bond acceptors (Lipinski definition) is 2. The topological polar surface area (TPSA) is 49.3 Å². The minimum atomic E-state index is 0. The molecule has 2 aromatic rings. The van der Waals surface area contributed by atoms with Crippen LogP contribution in [-0.4, -0.2) is 24.0 Å². The summed E-state index contributed by atoms with van der Waals surface area (Å²) in [7, 11) is 0. The number of aliphatic imine (C=N–C) groups is 1. The van der Waals surface area contributed by atoms with Crippen molar-refractivity contribution in [2.45, 2.75) is 40.7 Å². The van der Waals surface area contributed by atoms with Crippen LogP contribution in [0.4, 0.5) is 0 Å². The van der Waals surface area contributed by atoms with E-state index < -0.39 is 0 Å². The lowest BCUT2D eigenvalue weighted by Gasteiger charge is -2.12. The minimum Gasteiger partial charge on any atom is -0.357 e. The highest BCUT2D eigenvalue weighted by Crippen LogP contribution is 2.11. The van der Waals surface area contributed by atoms with Crippen LogP contribution in [0.1, 0.15) is 34.9 Å². The van der Waals surface area contributed by atoms with Gasteiger partial charge in [0.1, 0.15) is 0 Å². The average Bonchev–Trinajstić information content (AvgIpc) is 2.55. The summed E-state index contributed by atoms with van der Waals surface area (Å²) in [5.74, 6) is 0.859. The Morgan fingerprint density at radius 3 is 2.52 bits per heavy atom. The third-order valence-corrected chi connectivity index (χ3v) is 3.93. The maximum atomic E-state index is 4.70. The predicted molar refractivity (Wildman–Crippen MR) is 117 cm³/mol. The Labute approximate surface area is 168 Å². The molecule has 1 aromatic heterocycles.